The van der Waals surface area contributed by atoms with Crippen molar-refractivity contribution < 1.29 is 13.2 Å². The van der Waals surface area contributed by atoms with E-state index in [1.54, 1.807) is 23.2 Å². The molecule has 0 radical (unpaired) electrons. The second kappa shape index (κ2) is 11.0. The Hall–Kier alpha value is -4.09. The van der Waals surface area contributed by atoms with Crippen LogP contribution in [0.3, 0.4) is 0 Å². The molecule has 6 heterocycles. The predicted molar refractivity (Wildman–Crippen MR) is 180 cm³/mol. The second-order valence-corrected chi connectivity index (χ2v) is 15.0. The van der Waals surface area contributed by atoms with Crippen LogP contribution in [0.1, 0.15) is 56.2 Å². The van der Waals surface area contributed by atoms with Crippen LogP contribution in [0, 0.1) is 6.92 Å². The Balaban J connectivity index is 1.16. The molecule has 1 aliphatic carbocycles. The Morgan fingerprint density at radius 1 is 0.870 bits per heavy atom. The summed E-state index contributed by atoms with van der Waals surface area (Å²) in [4.78, 5) is 33.7. The molecule has 8 rings (SSSR count). The zero-order valence-electron chi connectivity index (χ0n) is 26.4. The summed E-state index contributed by atoms with van der Waals surface area (Å²) in [5.41, 5.74) is 5.18. The average Bonchev–Trinajstić information content (AvgIpc) is 3.85. The van der Waals surface area contributed by atoms with Crippen molar-refractivity contribution in [1.82, 2.24) is 19.9 Å². The molecule has 3 aliphatic heterocycles. The lowest BCUT2D eigenvalue weighted by atomic mass is 9.92. The molecule has 3 aromatic heterocycles. The monoisotopic (exact) mass is 637 g/mol. The molecule has 3 fully saturated rings. The van der Waals surface area contributed by atoms with Crippen molar-refractivity contribution in [3.63, 3.8) is 0 Å². The molecule has 0 bridgehead atoms. The van der Waals surface area contributed by atoms with Crippen molar-refractivity contribution in [1.29, 1.82) is 0 Å². The molecule has 0 atom stereocenters. The lowest BCUT2D eigenvalue weighted by molar-refractivity contribution is -0.119. The number of benzene rings is 1. The van der Waals surface area contributed by atoms with Crippen molar-refractivity contribution in [3.8, 4) is 11.1 Å². The summed E-state index contributed by atoms with van der Waals surface area (Å²) >= 11 is 0. The van der Waals surface area contributed by atoms with Crippen LogP contribution in [-0.2, 0) is 20.2 Å². The maximum Gasteiger partial charge on any atom is 0.263 e. The molecule has 1 saturated carbocycles. The van der Waals surface area contributed by atoms with Crippen molar-refractivity contribution in [2.24, 2.45) is 0 Å². The van der Waals surface area contributed by atoms with Crippen LogP contribution in [-0.4, -0.2) is 73.4 Å². The van der Waals surface area contributed by atoms with E-state index in [4.69, 9.17) is 4.98 Å². The SMILES string of the molecule is Cc1ccc(S(=O)(=O)Nc2cc(-c3ccc4ncc5c(c4c3)C3(CC3)C(=O)N5C)cnc2N2CCC(N3CCCCC3)CC2)cn1. The van der Waals surface area contributed by atoms with Gasteiger partial charge in [0.05, 0.1) is 28.5 Å². The molecular weight excluding hydrogens is 598 g/mol. The minimum atomic E-state index is -3.92. The molecule has 1 aromatic carbocycles. The lowest BCUT2D eigenvalue weighted by Crippen LogP contribution is -2.47. The first-order chi connectivity index (χ1) is 22.2. The van der Waals surface area contributed by atoms with Gasteiger partial charge in [0.15, 0.2) is 5.82 Å². The summed E-state index contributed by atoms with van der Waals surface area (Å²) in [6.07, 6.45) is 12.6. The Morgan fingerprint density at radius 2 is 1.65 bits per heavy atom. The van der Waals surface area contributed by atoms with Crippen molar-refractivity contribution >= 4 is 44.0 Å². The first-order valence-corrected chi connectivity index (χ1v) is 17.9. The van der Waals surface area contributed by atoms with E-state index in [-0.39, 0.29) is 10.8 Å². The standard InChI is InChI=1S/C35H39N7O3S/c1-23-6-8-27(21-36-23)46(44,45)39-30-19-25(20-38-33(30)42-16-10-26(11-17-42)41-14-4-3-5-15-41)24-7-9-29-28(18-24)32-31(22-37-29)40(2)34(43)35(32)12-13-35/h6-9,18-22,26,39H,3-5,10-17H2,1-2H3. The molecule has 1 N–H and O–H groups in total. The number of likely N-dealkylation sites (tertiary alicyclic amines) is 1. The van der Waals surface area contributed by atoms with E-state index in [0.29, 0.717) is 17.5 Å². The molecule has 2 saturated heterocycles. The van der Waals surface area contributed by atoms with Crippen LogP contribution in [0.25, 0.3) is 22.0 Å². The largest absolute Gasteiger partial charge is 0.355 e. The van der Waals surface area contributed by atoms with Gasteiger partial charge in [-0.3, -0.25) is 19.5 Å². The predicted octanol–water partition coefficient (Wildman–Crippen LogP) is 5.26. The van der Waals surface area contributed by atoms with Crippen LogP contribution < -0.4 is 14.5 Å². The molecule has 238 valence electrons. The van der Waals surface area contributed by atoms with Gasteiger partial charge >= 0.3 is 0 Å². The molecular formula is C35H39N7O3S. The number of pyridine rings is 3. The van der Waals surface area contributed by atoms with Crippen LogP contribution in [0.2, 0.25) is 0 Å². The van der Waals surface area contributed by atoms with Gasteiger partial charge in [-0.2, -0.15) is 0 Å². The van der Waals surface area contributed by atoms with E-state index >= 15 is 0 Å². The highest BCUT2D eigenvalue weighted by Gasteiger charge is 2.59. The molecule has 46 heavy (non-hydrogen) atoms. The molecule has 4 aromatic rings. The molecule has 1 amide bonds. The van der Waals surface area contributed by atoms with Gasteiger partial charge in [0, 0.05) is 60.8 Å². The number of carbonyl (C=O) groups is 1. The number of piperidine rings is 2. The smallest absolute Gasteiger partial charge is 0.263 e. The fraction of sp³-hybridized carbons (Fsp3) is 0.429. The van der Waals surface area contributed by atoms with Crippen molar-refractivity contribution in [2.75, 3.05) is 47.7 Å². The number of carbonyl (C=O) groups excluding carboxylic acids is 1. The number of amides is 1. The summed E-state index contributed by atoms with van der Waals surface area (Å²) in [5.74, 6) is 0.775. The number of nitrogens with zero attached hydrogens (tertiary/aromatic N) is 6. The van der Waals surface area contributed by atoms with E-state index in [0.717, 1.165) is 77.7 Å². The van der Waals surface area contributed by atoms with Gasteiger partial charge < -0.3 is 14.7 Å². The fourth-order valence-corrected chi connectivity index (χ4v) is 8.73. The fourth-order valence-electron chi connectivity index (χ4n) is 7.73. The normalized spacial score (nSPS) is 20.0. The number of aromatic nitrogens is 3. The van der Waals surface area contributed by atoms with Gasteiger partial charge in [-0.1, -0.05) is 12.5 Å². The first kappa shape index (κ1) is 29.3. The quantitative estimate of drug-likeness (QED) is 0.305. The number of hydrogen-bond acceptors (Lipinski definition) is 8. The van der Waals surface area contributed by atoms with Gasteiger partial charge in [0.1, 0.15) is 4.90 Å². The summed E-state index contributed by atoms with van der Waals surface area (Å²) in [7, 11) is -2.10. The Kier molecular flexibility index (Phi) is 7.02. The van der Waals surface area contributed by atoms with Gasteiger partial charge in [0.25, 0.3) is 10.0 Å². The number of sulfonamides is 1. The summed E-state index contributed by atoms with van der Waals surface area (Å²) in [6.45, 7) is 5.79. The minimum Gasteiger partial charge on any atom is -0.355 e. The highest BCUT2D eigenvalue weighted by atomic mass is 32.2. The number of rotatable bonds is 6. The van der Waals surface area contributed by atoms with Crippen LogP contribution in [0.5, 0.6) is 0 Å². The van der Waals surface area contributed by atoms with Gasteiger partial charge in [-0.25, -0.2) is 13.4 Å². The molecule has 4 aliphatic rings. The van der Waals surface area contributed by atoms with E-state index in [1.165, 1.54) is 38.5 Å². The van der Waals surface area contributed by atoms with Crippen LogP contribution >= 0.6 is 0 Å². The number of fused-ring (bicyclic) bond motifs is 4. The number of anilines is 3. The molecule has 0 unspecified atom stereocenters. The van der Waals surface area contributed by atoms with Gasteiger partial charge in [0.2, 0.25) is 5.91 Å². The van der Waals surface area contributed by atoms with Gasteiger partial charge in [-0.15, -0.1) is 0 Å². The summed E-state index contributed by atoms with van der Waals surface area (Å²) < 4.78 is 30.2. The van der Waals surface area contributed by atoms with E-state index in [2.05, 4.69) is 30.6 Å². The Bertz CT molecular complexity index is 1950. The third kappa shape index (κ3) is 4.91. The Labute approximate surface area is 269 Å². The zero-order chi connectivity index (χ0) is 31.6. The van der Waals surface area contributed by atoms with Crippen LogP contribution in [0.4, 0.5) is 17.2 Å². The second-order valence-electron chi connectivity index (χ2n) is 13.3. The zero-order valence-corrected chi connectivity index (χ0v) is 27.2. The summed E-state index contributed by atoms with van der Waals surface area (Å²) in [6, 6.07) is 11.8. The van der Waals surface area contributed by atoms with Crippen molar-refractivity contribution in [3.05, 3.63) is 66.2 Å². The third-order valence-corrected chi connectivity index (χ3v) is 11.8. The lowest BCUT2D eigenvalue weighted by Gasteiger charge is -2.41. The number of aryl methyl sites for hydroxylation is 1. The highest BCUT2D eigenvalue weighted by Crippen LogP contribution is 2.58. The van der Waals surface area contributed by atoms with Crippen molar-refractivity contribution in [2.45, 2.75) is 68.2 Å². The number of nitrogens with one attached hydrogen (secondary N) is 1. The minimum absolute atomic E-state index is 0.106. The average molecular weight is 638 g/mol. The number of hydrogen-bond donors (Lipinski definition) is 1. The Morgan fingerprint density at radius 3 is 2.37 bits per heavy atom. The molecule has 11 heteroatoms. The topological polar surface area (TPSA) is 112 Å². The molecule has 1 spiro atoms. The number of likely N-dealkylation sites (N-methyl/N-ethyl adjacent to an activating group) is 1. The van der Waals surface area contributed by atoms with Crippen LogP contribution in [0.15, 0.2) is 59.9 Å². The maximum absolute atomic E-state index is 13.6. The van der Waals surface area contributed by atoms with Gasteiger partial charge in [-0.05, 0) is 94.4 Å². The summed E-state index contributed by atoms with van der Waals surface area (Å²) in [5, 5.41) is 0.960. The maximum atomic E-state index is 13.6. The van der Waals surface area contributed by atoms with E-state index in [1.807, 2.05) is 38.4 Å². The van der Waals surface area contributed by atoms with E-state index < -0.39 is 15.4 Å². The highest BCUT2D eigenvalue weighted by molar-refractivity contribution is 7.92. The van der Waals surface area contributed by atoms with E-state index in [9.17, 15) is 13.2 Å². The third-order valence-electron chi connectivity index (χ3n) is 10.5. The molecule has 10 nitrogen and oxygen atoms in total. The first-order valence-electron chi connectivity index (χ1n) is 16.4.